The number of amides is 1. The summed E-state index contributed by atoms with van der Waals surface area (Å²) in [6, 6.07) is 21.0. The number of nitriles is 1. The summed E-state index contributed by atoms with van der Waals surface area (Å²) in [7, 11) is 0. The predicted octanol–water partition coefficient (Wildman–Crippen LogP) is 4.57. The summed E-state index contributed by atoms with van der Waals surface area (Å²) in [5.41, 5.74) is 1.86. The fraction of sp³-hybridized carbons (Fsp3) is 0. The summed E-state index contributed by atoms with van der Waals surface area (Å²) in [6.45, 7) is 0. The molecule has 0 aliphatic heterocycles. The van der Waals surface area contributed by atoms with Crippen molar-refractivity contribution < 1.29 is 4.79 Å². The fourth-order valence-corrected chi connectivity index (χ4v) is 3.51. The Kier molecular flexibility index (Phi) is 3.45. The first-order valence-electron chi connectivity index (χ1n) is 7.34. The molecule has 0 radical (unpaired) electrons. The van der Waals surface area contributed by atoms with Gasteiger partial charge in [0.25, 0.3) is 5.91 Å². The summed E-state index contributed by atoms with van der Waals surface area (Å²) in [5.74, 6) is -0.210. The van der Waals surface area contributed by atoms with E-state index in [4.69, 9.17) is 5.26 Å². The first-order valence-corrected chi connectivity index (χ1v) is 8.16. The smallest absolute Gasteiger partial charge is 0.257 e. The molecule has 4 aromatic rings. The number of hydrogen-bond acceptors (Lipinski definition) is 4. The maximum atomic E-state index is 12.5. The lowest BCUT2D eigenvalue weighted by Gasteiger charge is -2.03. The van der Waals surface area contributed by atoms with E-state index in [1.807, 2.05) is 42.5 Å². The molecule has 3 aromatic carbocycles. The van der Waals surface area contributed by atoms with Crippen LogP contribution in [0.3, 0.4) is 0 Å². The zero-order valence-corrected chi connectivity index (χ0v) is 13.3. The Hall–Kier alpha value is -3.23. The highest BCUT2D eigenvalue weighted by atomic mass is 32.1. The van der Waals surface area contributed by atoms with Crippen LogP contribution in [0.2, 0.25) is 0 Å². The average Bonchev–Trinajstić information content (AvgIpc) is 3.03. The van der Waals surface area contributed by atoms with Gasteiger partial charge in [-0.25, -0.2) is 4.98 Å². The molecule has 1 amide bonds. The molecule has 0 aliphatic carbocycles. The fourth-order valence-electron chi connectivity index (χ4n) is 2.59. The zero-order valence-electron chi connectivity index (χ0n) is 12.5. The van der Waals surface area contributed by atoms with Crippen molar-refractivity contribution in [2.75, 3.05) is 5.32 Å². The van der Waals surface area contributed by atoms with Crippen molar-refractivity contribution >= 4 is 43.4 Å². The number of anilines is 1. The minimum Gasteiger partial charge on any atom is -0.298 e. The lowest BCUT2D eigenvalue weighted by Crippen LogP contribution is -2.11. The highest BCUT2D eigenvalue weighted by molar-refractivity contribution is 7.22. The van der Waals surface area contributed by atoms with Gasteiger partial charge in [0.15, 0.2) is 5.13 Å². The maximum absolute atomic E-state index is 12.5. The number of fused-ring (bicyclic) bond motifs is 2. The van der Waals surface area contributed by atoms with E-state index in [9.17, 15) is 4.79 Å². The molecule has 5 heteroatoms. The molecular weight excluding hydrogens is 318 g/mol. The first-order chi connectivity index (χ1) is 11.7. The molecule has 114 valence electrons. The van der Waals surface area contributed by atoms with Crippen LogP contribution in [0.5, 0.6) is 0 Å². The normalized spacial score (nSPS) is 10.6. The number of nitrogens with one attached hydrogen (secondary N) is 1. The molecule has 0 saturated carbocycles. The van der Waals surface area contributed by atoms with Gasteiger partial charge in [0.1, 0.15) is 6.07 Å². The van der Waals surface area contributed by atoms with E-state index in [2.05, 4.69) is 16.4 Å². The number of carbonyl (C=O) groups excluding carboxylic acids is 1. The van der Waals surface area contributed by atoms with Crippen LogP contribution in [0, 0.1) is 11.3 Å². The Balaban J connectivity index is 1.67. The number of hydrogen-bond donors (Lipinski definition) is 1. The summed E-state index contributed by atoms with van der Waals surface area (Å²) in [6.07, 6.45) is 0. The van der Waals surface area contributed by atoms with Gasteiger partial charge in [-0.15, -0.1) is 0 Å². The number of benzene rings is 3. The minimum atomic E-state index is -0.210. The van der Waals surface area contributed by atoms with Crippen molar-refractivity contribution in [2.24, 2.45) is 0 Å². The van der Waals surface area contributed by atoms with Crippen molar-refractivity contribution in [3.05, 3.63) is 71.8 Å². The monoisotopic (exact) mass is 329 g/mol. The molecule has 1 aromatic heterocycles. The predicted molar refractivity (Wildman–Crippen MR) is 96.2 cm³/mol. The molecule has 0 unspecified atom stereocenters. The van der Waals surface area contributed by atoms with E-state index in [0.717, 1.165) is 15.5 Å². The van der Waals surface area contributed by atoms with Crippen LogP contribution in [-0.4, -0.2) is 10.9 Å². The average molecular weight is 329 g/mol. The number of nitrogens with zero attached hydrogens (tertiary/aromatic N) is 2. The van der Waals surface area contributed by atoms with Gasteiger partial charge in [-0.1, -0.05) is 47.7 Å². The third-order valence-corrected chi connectivity index (χ3v) is 4.79. The van der Waals surface area contributed by atoms with Gasteiger partial charge in [0.2, 0.25) is 0 Å². The number of carbonyl (C=O) groups is 1. The topological polar surface area (TPSA) is 65.8 Å². The van der Waals surface area contributed by atoms with E-state index in [0.29, 0.717) is 21.8 Å². The van der Waals surface area contributed by atoms with Crippen LogP contribution in [0.25, 0.3) is 21.0 Å². The van der Waals surface area contributed by atoms with Crippen molar-refractivity contribution in [1.82, 2.24) is 4.98 Å². The van der Waals surface area contributed by atoms with Gasteiger partial charge in [-0.3, -0.25) is 10.1 Å². The molecule has 24 heavy (non-hydrogen) atoms. The van der Waals surface area contributed by atoms with Crippen LogP contribution in [0.1, 0.15) is 15.9 Å². The first kappa shape index (κ1) is 14.4. The van der Waals surface area contributed by atoms with E-state index < -0.39 is 0 Å². The highest BCUT2D eigenvalue weighted by Gasteiger charge is 2.12. The number of thiazole rings is 1. The van der Waals surface area contributed by atoms with Gasteiger partial charge in [0.05, 0.1) is 15.8 Å². The maximum Gasteiger partial charge on any atom is 0.257 e. The van der Waals surface area contributed by atoms with E-state index in [-0.39, 0.29) is 5.91 Å². The number of aromatic nitrogens is 1. The Morgan fingerprint density at radius 2 is 1.88 bits per heavy atom. The molecule has 1 heterocycles. The molecule has 4 nitrogen and oxygen atoms in total. The van der Waals surface area contributed by atoms with Gasteiger partial charge in [-0.2, -0.15) is 5.26 Å². The summed E-state index contributed by atoms with van der Waals surface area (Å²) < 4.78 is 0.786. The molecule has 0 spiro atoms. The molecule has 0 bridgehead atoms. The molecule has 1 N–H and O–H groups in total. The summed E-state index contributed by atoms with van der Waals surface area (Å²) in [5, 5.41) is 14.6. The van der Waals surface area contributed by atoms with Gasteiger partial charge in [0, 0.05) is 5.56 Å². The van der Waals surface area contributed by atoms with Gasteiger partial charge < -0.3 is 0 Å². The minimum absolute atomic E-state index is 0.210. The van der Waals surface area contributed by atoms with Crippen LogP contribution in [0.4, 0.5) is 5.13 Å². The third-order valence-electron chi connectivity index (χ3n) is 3.77. The third kappa shape index (κ3) is 2.49. The van der Waals surface area contributed by atoms with Crippen molar-refractivity contribution in [3.63, 3.8) is 0 Å². The summed E-state index contributed by atoms with van der Waals surface area (Å²) in [4.78, 5) is 16.9. The van der Waals surface area contributed by atoms with Gasteiger partial charge in [-0.05, 0) is 35.0 Å². The SMILES string of the molecule is N#Cc1cccc2nc(NC(=O)c3ccc4ccccc4c3)sc12. The molecule has 0 saturated heterocycles. The Bertz CT molecular complexity index is 1120. The van der Waals surface area contributed by atoms with Crippen LogP contribution < -0.4 is 5.32 Å². The standard InChI is InChI=1S/C19H11N3OS/c20-11-15-6-3-7-16-17(15)24-19(21-16)22-18(23)14-9-8-12-4-1-2-5-13(12)10-14/h1-10H,(H,21,22,23). The highest BCUT2D eigenvalue weighted by Crippen LogP contribution is 2.29. The van der Waals surface area contributed by atoms with E-state index in [1.54, 1.807) is 18.2 Å². The second-order valence-electron chi connectivity index (χ2n) is 5.30. The van der Waals surface area contributed by atoms with E-state index in [1.165, 1.54) is 11.3 Å². The molecular formula is C19H11N3OS. The quantitative estimate of drug-likeness (QED) is 0.585. The van der Waals surface area contributed by atoms with Crippen molar-refractivity contribution in [3.8, 4) is 6.07 Å². The lowest BCUT2D eigenvalue weighted by molar-refractivity contribution is 0.102. The van der Waals surface area contributed by atoms with E-state index >= 15 is 0 Å². The molecule has 0 fully saturated rings. The van der Waals surface area contributed by atoms with Crippen LogP contribution in [0.15, 0.2) is 60.7 Å². The Morgan fingerprint density at radius 3 is 2.71 bits per heavy atom. The zero-order chi connectivity index (χ0) is 16.5. The Labute approximate surface area is 142 Å². The molecule has 0 aliphatic rings. The molecule has 4 rings (SSSR count). The van der Waals surface area contributed by atoms with Crippen LogP contribution in [-0.2, 0) is 0 Å². The largest absolute Gasteiger partial charge is 0.298 e. The van der Waals surface area contributed by atoms with Crippen LogP contribution >= 0.6 is 11.3 Å². The lowest BCUT2D eigenvalue weighted by atomic mass is 10.1. The van der Waals surface area contributed by atoms with Crippen molar-refractivity contribution in [2.45, 2.75) is 0 Å². The van der Waals surface area contributed by atoms with Crippen molar-refractivity contribution in [1.29, 1.82) is 5.26 Å². The Morgan fingerprint density at radius 1 is 1.04 bits per heavy atom. The number of rotatable bonds is 2. The second kappa shape index (κ2) is 5.76. The molecule has 0 atom stereocenters. The second-order valence-corrected chi connectivity index (χ2v) is 6.30. The van der Waals surface area contributed by atoms with Gasteiger partial charge >= 0.3 is 0 Å². The summed E-state index contributed by atoms with van der Waals surface area (Å²) >= 11 is 1.31.